The minimum atomic E-state index is 0.639. The molecule has 0 heterocycles. The van der Waals surface area contributed by atoms with Gasteiger partial charge in [0, 0.05) is 0 Å². The molecule has 3 heteroatoms. The molecule has 12 heavy (non-hydrogen) atoms. The van der Waals surface area contributed by atoms with Crippen molar-refractivity contribution in [3.8, 4) is 5.75 Å². The molecule has 0 aromatic heterocycles. The zero-order valence-electron chi connectivity index (χ0n) is 6.90. The van der Waals surface area contributed by atoms with Crippen molar-refractivity contribution >= 4 is 6.21 Å². The van der Waals surface area contributed by atoms with Crippen molar-refractivity contribution in [3.05, 3.63) is 29.8 Å². The molecule has 0 spiro atoms. The Balaban J connectivity index is 2.80. The Morgan fingerprint density at radius 3 is 3.08 bits per heavy atom. The van der Waals surface area contributed by atoms with E-state index in [0.717, 1.165) is 11.3 Å². The predicted octanol–water partition coefficient (Wildman–Crippen LogP) is 1.89. The quantitative estimate of drug-likeness (QED) is 0.422. The van der Waals surface area contributed by atoms with E-state index in [1.54, 1.807) is 0 Å². The molecule has 1 aromatic carbocycles. The molecule has 3 nitrogen and oxygen atoms in total. The van der Waals surface area contributed by atoms with E-state index < -0.39 is 0 Å². The number of hydrogen-bond donors (Lipinski definition) is 1. The number of benzene rings is 1. The van der Waals surface area contributed by atoms with Crippen molar-refractivity contribution in [2.75, 3.05) is 6.61 Å². The van der Waals surface area contributed by atoms with Gasteiger partial charge in [-0.25, -0.2) is 0 Å². The highest BCUT2D eigenvalue weighted by atomic mass is 16.5. The van der Waals surface area contributed by atoms with E-state index in [1.165, 1.54) is 6.21 Å². The second-order valence-corrected chi connectivity index (χ2v) is 2.25. The first-order valence-electron chi connectivity index (χ1n) is 3.77. The molecule has 64 valence electrons. The molecule has 1 N–H and O–H groups in total. The van der Waals surface area contributed by atoms with E-state index in [1.807, 2.05) is 31.2 Å². The van der Waals surface area contributed by atoms with Crippen LogP contribution in [0.15, 0.2) is 29.4 Å². The molecule has 0 amide bonds. The van der Waals surface area contributed by atoms with Crippen molar-refractivity contribution in [1.29, 1.82) is 0 Å². The van der Waals surface area contributed by atoms with E-state index in [0.29, 0.717) is 6.61 Å². The molecule has 0 fully saturated rings. The molecule has 0 aliphatic carbocycles. The second-order valence-electron chi connectivity index (χ2n) is 2.25. The molecule has 0 aliphatic rings. The van der Waals surface area contributed by atoms with Gasteiger partial charge in [0.15, 0.2) is 0 Å². The van der Waals surface area contributed by atoms with Gasteiger partial charge in [0.05, 0.1) is 12.8 Å². The third-order valence-corrected chi connectivity index (χ3v) is 1.38. The summed E-state index contributed by atoms with van der Waals surface area (Å²) in [7, 11) is 0. The summed E-state index contributed by atoms with van der Waals surface area (Å²) in [5.74, 6) is 0.787. The van der Waals surface area contributed by atoms with Crippen molar-refractivity contribution < 1.29 is 9.94 Å². The zero-order valence-corrected chi connectivity index (χ0v) is 6.90. The topological polar surface area (TPSA) is 41.8 Å². The monoisotopic (exact) mass is 165 g/mol. The van der Waals surface area contributed by atoms with Crippen molar-refractivity contribution in [1.82, 2.24) is 0 Å². The fourth-order valence-electron chi connectivity index (χ4n) is 0.918. The molecule has 0 saturated heterocycles. The lowest BCUT2D eigenvalue weighted by Gasteiger charge is -2.01. The Morgan fingerprint density at radius 1 is 1.58 bits per heavy atom. The lowest BCUT2D eigenvalue weighted by atomic mass is 10.2. The van der Waals surface area contributed by atoms with Gasteiger partial charge in [-0.05, 0) is 24.6 Å². The number of oxime groups is 1. The molecule has 1 rings (SSSR count). The van der Waals surface area contributed by atoms with Gasteiger partial charge in [0.2, 0.25) is 0 Å². The van der Waals surface area contributed by atoms with Crippen LogP contribution in [0.25, 0.3) is 0 Å². The van der Waals surface area contributed by atoms with Gasteiger partial charge in [0.25, 0.3) is 0 Å². The molecular formula is C9H11NO2. The van der Waals surface area contributed by atoms with Gasteiger partial charge in [-0.1, -0.05) is 17.3 Å². The van der Waals surface area contributed by atoms with Gasteiger partial charge in [0.1, 0.15) is 5.75 Å². The number of rotatable bonds is 3. The molecular weight excluding hydrogens is 154 g/mol. The average molecular weight is 165 g/mol. The zero-order chi connectivity index (χ0) is 8.81. The fraction of sp³-hybridized carbons (Fsp3) is 0.222. The highest BCUT2D eigenvalue weighted by molar-refractivity contribution is 5.79. The fourth-order valence-corrected chi connectivity index (χ4v) is 0.918. The maximum absolute atomic E-state index is 8.27. The lowest BCUT2D eigenvalue weighted by Crippen LogP contribution is -1.91. The first kappa shape index (κ1) is 8.59. The van der Waals surface area contributed by atoms with Crippen LogP contribution in [0.2, 0.25) is 0 Å². The second kappa shape index (κ2) is 4.38. The normalized spacial score (nSPS) is 10.4. The van der Waals surface area contributed by atoms with E-state index in [2.05, 4.69) is 5.16 Å². The highest BCUT2D eigenvalue weighted by Gasteiger charge is 1.92. The summed E-state index contributed by atoms with van der Waals surface area (Å²) in [6.07, 6.45) is 1.36. The summed E-state index contributed by atoms with van der Waals surface area (Å²) in [6.45, 7) is 2.56. The first-order chi connectivity index (χ1) is 5.86. The van der Waals surface area contributed by atoms with E-state index >= 15 is 0 Å². The van der Waals surface area contributed by atoms with Crippen LogP contribution in [-0.4, -0.2) is 18.0 Å². The molecule has 0 bridgehead atoms. The summed E-state index contributed by atoms with van der Waals surface area (Å²) in [5.41, 5.74) is 0.823. The van der Waals surface area contributed by atoms with Crippen molar-refractivity contribution in [3.63, 3.8) is 0 Å². The number of hydrogen-bond acceptors (Lipinski definition) is 3. The Labute approximate surface area is 71.3 Å². The number of nitrogens with zero attached hydrogens (tertiary/aromatic N) is 1. The maximum Gasteiger partial charge on any atom is 0.119 e. The third-order valence-electron chi connectivity index (χ3n) is 1.38. The maximum atomic E-state index is 8.27. The van der Waals surface area contributed by atoms with Gasteiger partial charge >= 0.3 is 0 Å². The van der Waals surface area contributed by atoms with E-state index in [9.17, 15) is 0 Å². The van der Waals surface area contributed by atoms with Crippen molar-refractivity contribution in [2.24, 2.45) is 5.16 Å². The molecule has 0 aliphatic heterocycles. The summed E-state index contributed by atoms with van der Waals surface area (Å²) in [5, 5.41) is 11.2. The van der Waals surface area contributed by atoms with Gasteiger partial charge < -0.3 is 9.94 Å². The van der Waals surface area contributed by atoms with Crippen LogP contribution in [0.5, 0.6) is 5.75 Å². The lowest BCUT2D eigenvalue weighted by molar-refractivity contribution is 0.321. The van der Waals surface area contributed by atoms with Crippen molar-refractivity contribution in [2.45, 2.75) is 6.92 Å². The minimum absolute atomic E-state index is 0.639. The predicted molar refractivity (Wildman–Crippen MR) is 47.0 cm³/mol. The Hall–Kier alpha value is -1.51. The Morgan fingerprint density at radius 2 is 2.42 bits per heavy atom. The molecule has 0 radical (unpaired) electrons. The van der Waals surface area contributed by atoms with Crippen LogP contribution in [0, 0.1) is 0 Å². The van der Waals surface area contributed by atoms with Crippen LogP contribution < -0.4 is 4.74 Å². The highest BCUT2D eigenvalue weighted by Crippen LogP contribution is 2.11. The Bertz CT molecular complexity index is 271. The standard InChI is InChI=1S/C9H11NO2/c1-2-12-9-5-3-4-8(6-9)7-10-11/h3-7,11H,2H2,1H3. The van der Waals surface area contributed by atoms with Crippen LogP contribution in [0.3, 0.4) is 0 Å². The molecule has 0 atom stereocenters. The minimum Gasteiger partial charge on any atom is -0.494 e. The molecule has 0 unspecified atom stereocenters. The first-order valence-corrected chi connectivity index (χ1v) is 3.77. The summed E-state index contributed by atoms with van der Waals surface area (Å²) >= 11 is 0. The largest absolute Gasteiger partial charge is 0.494 e. The average Bonchev–Trinajstić information content (AvgIpc) is 2.06. The third kappa shape index (κ3) is 2.27. The van der Waals surface area contributed by atoms with Gasteiger partial charge in [-0.15, -0.1) is 0 Å². The summed E-state index contributed by atoms with van der Waals surface area (Å²) in [4.78, 5) is 0. The van der Waals surface area contributed by atoms with Crippen LogP contribution in [-0.2, 0) is 0 Å². The van der Waals surface area contributed by atoms with Crippen LogP contribution >= 0.6 is 0 Å². The van der Waals surface area contributed by atoms with Crippen LogP contribution in [0.1, 0.15) is 12.5 Å². The summed E-state index contributed by atoms with van der Waals surface area (Å²) < 4.78 is 5.25. The smallest absolute Gasteiger partial charge is 0.119 e. The van der Waals surface area contributed by atoms with Gasteiger partial charge in [-0.3, -0.25) is 0 Å². The molecule has 1 aromatic rings. The van der Waals surface area contributed by atoms with E-state index in [4.69, 9.17) is 9.94 Å². The number of ether oxygens (including phenoxy) is 1. The van der Waals surface area contributed by atoms with Gasteiger partial charge in [-0.2, -0.15) is 0 Å². The summed E-state index contributed by atoms with van der Waals surface area (Å²) in [6, 6.07) is 7.35. The van der Waals surface area contributed by atoms with E-state index in [-0.39, 0.29) is 0 Å². The SMILES string of the molecule is CCOc1cccc(C=NO)c1. The molecule has 0 saturated carbocycles. The van der Waals surface area contributed by atoms with Crippen LogP contribution in [0.4, 0.5) is 0 Å². The Kier molecular flexibility index (Phi) is 3.14.